The number of carbonyl (C=O) groups is 1. The number of aryl methyl sites for hydroxylation is 2. The molecule has 4 aromatic rings. The number of hydrogen-bond donors (Lipinski definition) is 3. The van der Waals surface area contributed by atoms with Gasteiger partial charge in [0.15, 0.2) is 5.82 Å². The average molecular weight is 602 g/mol. The van der Waals surface area contributed by atoms with E-state index in [1.807, 2.05) is 13.0 Å². The molecular weight excluding hydrogens is 568 g/mol. The lowest BCUT2D eigenvalue weighted by Crippen LogP contribution is -2.17. The van der Waals surface area contributed by atoms with Crippen molar-refractivity contribution in [1.29, 1.82) is 0 Å². The molecule has 2 aromatic heterocycles. The average Bonchev–Trinajstić information content (AvgIpc) is 3.70. The number of guanidine groups is 1. The highest BCUT2D eigenvalue weighted by molar-refractivity contribution is 6.05. The molecule has 3 N–H and O–H groups in total. The molecule has 3 heterocycles. The predicted molar refractivity (Wildman–Crippen MR) is 167 cm³/mol. The molecule has 1 atom stereocenters. The Balaban J connectivity index is 1.40. The zero-order chi connectivity index (χ0) is 31.1. The molecule has 1 aliphatic heterocycles. The maximum absolute atomic E-state index is 13.7. The Morgan fingerprint density at radius 1 is 1.18 bits per heavy atom. The summed E-state index contributed by atoms with van der Waals surface area (Å²) in [6.07, 6.45) is 6.70. The van der Waals surface area contributed by atoms with Crippen molar-refractivity contribution in [2.75, 3.05) is 29.2 Å². The van der Waals surface area contributed by atoms with E-state index in [1.165, 1.54) is 24.8 Å². The van der Waals surface area contributed by atoms with E-state index in [9.17, 15) is 13.6 Å². The van der Waals surface area contributed by atoms with E-state index in [2.05, 4.69) is 40.9 Å². The summed E-state index contributed by atoms with van der Waals surface area (Å²) in [7, 11) is 0. The second-order valence-electron chi connectivity index (χ2n) is 10.1. The molecule has 1 amide bonds. The fourth-order valence-corrected chi connectivity index (χ4v) is 4.68. The number of rotatable bonds is 9. The van der Waals surface area contributed by atoms with Crippen molar-refractivity contribution in [3.8, 4) is 5.69 Å². The number of benzene rings is 2. The van der Waals surface area contributed by atoms with Crippen molar-refractivity contribution in [3.05, 3.63) is 83.8 Å². The molecule has 13 heteroatoms. The van der Waals surface area contributed by atoms with Crippen LogP contribution in [0.5, 0.6) is 0 Å². The molecule has 0 spiro atoms. The topological polar surface area (TPSA) is 131 Å². The van der Waals surface area contributed by atoms with Crippen LogP contribution in [0, 0.1) is 6.92 Å². The summed E-state index contributed by atoms with van der Waals surface area (Å²) >= 11 is 0. The highest BCUT2D eigenvalue weighted by Gasteiger charge is 2.18. The van der Waals surface area contributed by atoms with Gasteiger partial charge in [-0.15, -0.1) is 0 Å². The Bertz CT molecular complexity index is 1680. The summed E-state index contributed by atoms with van der Waals surface area (Å²) in [5.74, 6) is 0.404. The summed E-state index contributed by atoms with van der Waals surface area (Å²) in [5, 5.41) is 9.29. The van der Waals surface area contributed by atoms with Gasteiger partial charge in [0.25, 0.3) is 12.3 Å². The predicted octanol–water partition coefficient (Wildman–Crippen LogP) is 6.11. The lowest BCUT2D eigenvalue weighted by atomic mass is 10.1. The van der Waals surface area contributed by atoms with Crippen LogP contribution in [0.15, 0.2) is 71.4 Å². The number of aliphatic imine (C=N–C) groups is 2. The van der Waals surface area contributed by atoms with E-state index >= 15 is 0 Å². The molecule has 228 valence electrons. The number of nitrogens with zero attached hydrogens (tertiary/aromatic N) is 6. The largest absolute Gasteiger partial charge is 0.379 e. The van der Waals surface area contributed by atoms with Crippen LogP contribution < -0.4 is 16.0 Å². The number of ether oxygens (including phenoxy) is 1. The van der Waals surface area contributed by atoms with Gasteiger partial charge in [-0.3, -0.25) is 4.79 Å². The Morgan fingerprint density at radius 2 is 2.05 bits per heavy atom. The van der Waals surface area contributed by atoms with Crippen LogP contribution in [-0.2, 0) is 11.2 Å². The van der Waals surface area contributed by atoms with Crippen LogP contribution >= 0.6 is 0 Å². The van der Waals surface area contributed by atoms with Gasteiger partial charge in [0.05, 0.1) is 30.9 Å². The molecule has 1 aliphatic rings. The van der Waals surface area contributed by atoms with Crippen LogP contribution in [0.3, 0.4) is 0 Å². The minimum atomic E-state index is -2.72. The van der Waals surface area contributed by atoms with E-state index < -0.39 is 12.3 Å². The van der Waals surface area contributed by atoms with Gasteiger partial charge < -0.3 is 25.3 Å². The fraction of sp³-hybridized carbons (Fsp3) is 0.290. The maximum atomic E-state index is 13.7. The Morgan fingerprint density at radius 3 is 2.75 bits per heavy atom. The van der Waals surface area contributed by atoms with Gasteiger partial charge in [-0.1, -0.05) is 13.0 Å². The maximum Gasteiger partial charge on any atom is 0.264 e. The smallest absolute Gasteiger partial charge is 0.264 e. The van der Waals surface area contributed by atoms with Crippen molar-refractivity contribution in [1.82, 2.24) is 19.5 Å². The molecule has 5 rings (SSSR count). The lowest BCUT2D eigenvalue weighted by molar-refractivity contribution is 0.102. The molecule has 11 nitrogen and oxygen atoms in total. The number of amides is 1. The van der Waals surface area contributed by atoms with Crippen LogP contribution in [-0.4, -0.2) is 56.9 Å². The number of aromatic nitrogens is 4. The van der Waals surface area contributed by atoms with Gasteiger partial charge in [0.2, 0.25) is 5.96 Å². The third-order valence-corrected chi connectivity index (χ3v) is 6.89. The number of carbonyl (C=O) groups excluding carboxylic acids is 1. The van der Waals surface area contributed by atoms with Gasteiger partial charge >= 0.3 is 0 Å². The van der Waals surface area contributed by atoms with E-state index in [-0.39, 0.29) is 17.3 Å². The Hall–Kier alpha value is -5.04. The molecule has 0 aliphatic carbocycles. The summed E-state index contributed by atoms with van der Waals surface area (Å²) in [4.78, 5) is 35.1. The third-order valence-electron chi connectivity index (χ3n) is 6.89. The van der Waals surface area contributed by atoms with Gasteiger partial charge in [-0.2, -0.15) is 0 Å². The van der Waals surface area contributed by atoms with Crippen LogP contribution in [0.4, 0.5) is 31.7 Å². The first-order valence-corrected chi connectivity index (χ1v) is 14.2. The summed E-state index contributed by atoms with van der Waals surface area (Å²) in [6.45, 7) is 6.80. The molecule has 1 fully saturated rings. The number of halogens is 2. The van der Waals surface area contributed by atoms with Crippen molar-refractivity contribution >= 4 is 41.0 Å². The van der Waals surface area contributed by atoms with Crippen molar-refractivity contribution in [2.24, 2.45) is 9.98 Å². The SMILES string of the molecule is CC=NC(=NC1CCOC1)Nc1cncnc1Nc1cc(C(=O)Nc2cc(C(F)F)cc(-n3cnc(C)c3)c2)ccc1CC. The second kappa shape index (κ2) is 14.0. The quantitative estimate of drug-likeness (QED) is 0.156. The van der Waals surface area contributed by atoms with E-state index in [4.69, 9.17) is 4.74 Å². The normalized spacial score (nSPS) is 15.2. The zero-order valence-corrected chi connectivity index (χ0v) is 24.6. The van der Waals surface area contributed by atoms with E-state index in [0.29, 0.717) is 54.0 Å². The van der Waals surface area contributed by atoms with E-state index in [1.54, 1.807) is 55.2 Å². The molecule has 44 heavy (non-hydrogen) atoms. The summed E-state index contributed by atoms with van der Waals surface area (Å²) in [5.41, 5.74) is 3.68. The number of nitrogens with one attached hydrogen (secondary N) is 3. The number of anilines is 4. The lowest BCUT2D eigenvalue weighted by Gasteiger charge is -2.16. The van der Waals surface area contributed by atoms with E-state index in [0.717, 1.165) is 17.7 Å². The summed E-state index contributed by atoms with van der Waals surface area (Å²) < 4.78 is 34.5. The highest BCUT2D eigenvalue weighted by Crippen LogP contribution is 2.29. The number of imidazole rings is 1. The first-order valence-electron chi connectivity index (χ1n) is 14.2. The van der Waals surface area contributed by atoms with Gasteiger partial charge in [-0.25, -0.2) is 33.7 Å². The van der Waals surface area contributed by atoms with Gasteiger partial charge in [-0.05, 0) is 62.6 Å². The molecule has 0 radical (unpaired) electrons. The molecule has 0 saturated carbocycles. The standard InChI is InChI=1S/C31H33F2N9O2/c1-4-20-6-7-21(30(43)38-24-10-22(28(32)33)11-25(13-24)42-15-19(3)37-18-42)12-26(20)40-29-27(14-34-17-36-29)41-31(35-5-2)39-23-8-9-44-16-23/h5-7,10-15,17-18,23,28H,4,8-9,16H2,1-3H3,(H,38,43)(H,39,41)(H,34,36,40). The minimum Gasteiger partial charge on any atom is -0.379 e. The van der Waals surface area contributed by atoms with Crippen LogP contribution in [0.2, 0.25) is 0 Å². The minimum absolute atomic E-state index is 0.00524. The fourth-order valence-electron chi connectivity index (χ4n) is 4.68. The number of alkyl halides is 2. The van der Waals surface area contributed by atoms with Crippen molar-refractivity contribution in [2.45, 2.75) is 46.1 Å². The molecule has 1 saturated heterocycles. The monoisotopic (exact) mass is 601 g/mol. The van der Waals surface area contributed by atoms with Gasteiger partial charge in [0, 0.05) is 47.2 Å². The zero-order valence-electron chi connectivity index (χ0n) is 24.6. The van der Waals surface area contributed by atoms with Crippen LogP contribution in [0.1, 0.15) is 53.9 Å². The summed E-state index contributed by atoms with van der Waals surface area (Å²) in [6, 6.07) is 9.51. The third kappa shape index (κ3) is 7.48. The number of hydrogen-bond acceptors (Lipinski definition) is 7. The second-order valence-corrected chi connectivity index (χ2v) is 10.1. The van der Waals surface area contributed by atoms with Crippen LogP contribution in [0.25, 0.3) is 5.69 Å². The molecule has 0 bridgehead atoms. The van der Waals surface area contributed by atoms with Gasteiger partial charge in [0.1, 0.15) is 12.0 Å². The Labute approximate surface area is 253 Å². The van der Waals surface area contributed by atoms with Crippen molar-refractivity contribution < 1.29 is 18.3 Å². The van der Waals surface area contributed by atoms with Crippen molar-refractivity contribution in [3.63, 3.8) is 0 Å². The first kappa shape index (κ1) is 30.4. The molecular formula is C31H33F2N9O2. The first-order chi connectivity index (χ1) is 21.3. The molecule has 1 unspecified atom stereocenters. The highest BCUT2D eigenvalue weighted by atomic mass is 19.3. The molecule has 2 aromatic carbocycles. The Kier molecular flexibility index (Phi) is 9.65.